The minimum Gasteiger partial charge on any atom is -0.461 e. The van der Waals surface area contributed by atoms with Gasteiger partial charge >= 0.3 is 5.97 Å². The van der Waals surface area contributed by atoms with Crippen LogP contribution in [0.2, 0.25) is 0 Å². The molecule has 0 aromatic carbocycles. The molecule has 6 heteroatoms. The summed E-state index contributed by atoms with van der Waals surface area (Å²) in [5.41, 5.74) is 0. The highest BCUT2D eigenvalue weighted by Gasteiger charge is 2.21. The van der Waals surface area contributed by atoms with Gasteiger partial charge in [0.1, 0.15) is 6.61 Å². The van der Waals surface area contributed by atoms with E-state index in [0.717, 1.165) is 0 Å². The molecule has 0 heterocycles. The van der Waals surface area contributed by atoms with Crippen LogP contribution in [0.1, 0.15) is 12.8 Å². The quantitative estimate of drug-likeness (QED) is 0.569. The molecule has 0 spiro atoms. The summed E-state index contributed by atoms with van der Waals surface area (Å²) in [6.45, 7) is -0.223. The zero-order chi connectivity index (χ0) is 9.61. The third kappa shape index (κ3) is 8.72. The van der Waals surface area contributed by atoms with Gasteiger partial charge in [-0.25, -0.2) is 0 Å². The fourth-order valence-electron chi connectivity index (χ4n) is 0.446. The van der Waals surface area contributed by atoms with Crippen LogP contribution in [-0.2, 0) is 9.53 Å². The largest absolute Gasteiger partial charge is 0.461 e. The first-order chi connectivity index (χ1) is 5.45. The van der Waals surface area contributed by atoms with Gasteiger partial charge in [-0.15, -0.1) is 11.6 Å². The number of alkyl halides is 4. The standard InChI is InChI=1S/C6H8Cl4O2/c7-3-1-2-5(11)12-4-6(8,9)10/h1-4H2. The van der Waals surface area contributed by atoms with Crippen LogP contribution in [0.25, 0.3) is 0 Å². The Hall–Kier alpha value is 0.630. The van der Waals surface area contributed by atoms with Crippen molar-refractivity contribution in [1.29, 1.82) is 0 Å². The van der Waals surface area contributed by atoms with Crippen LogP contribution in [0.15, 0.2) is 0 Å². The summed E-state index contributed by atoms with van der Waals surface area (Å²) in [6, 6.07) is 0. The molecular formula is C6H8Cl4O2. The van der Waals surface area contributed by atoms with E-state index in [2.05, 4.69) is 4.74 Å². The Morgan fingerprint density at radius 3 is 2.33 bits per heavy atom. The molecular weight excluding hydrogens is 246 g/mol. The van der Waals surface area contributed by atoms with Gasteiger partial charge in [-0.3, -0.25) is 4.79 Å². The molecule has 2 nitrogen and oxygen atoms in total. The number of halogens is 4. The number of hydrogen-bond acceptors (Lipinski definition) is 2. The van der Waals surface area contributed by atoms with Crippen molar-refractivity contribution in [2.24, 2.45) is 0 Å². The van der Waals surface area contributed by atoms with Crippen molar-refractivity contribution in [2.45, 2.75) is 16.6 Å². The summed E-state index contributed by atoms with van der Waals surface area (Å²) in [6.07, 6.45) is 0.824. The smallest absolute Gasteiger partial charge is 0.305 e. The zero-order valence-corrected chi connectivity index (χ0v) is 9.18. The maximum Gasteiger partial charge on any atom is 0.305 e. The molecule has 0 rings (SSSR count). The van der Waals surface area contributed by atoms with Crippen molar-refractivity contribution < 1.29 is 9.53 Å². The number of ether oxygens (including phenoxy) is 1. The molecule has 0 aliphatic carbocycles. The number of hydrogen-bond donors (Lipinski definition) is 0. The maximum absolute atomic E-state index is 10.8. The fraction of sp³-hybridized carbons (Fsp3) is 0.833. The molecule has 0 bridgehead atoms. The van der Waals surface area contributed by atoms with Crippen LogP contribution in [-0.4, -0.2) is 22.2 Å². The Labute approximate surface area is 91.1 Å². The Kier molecular flexibility index (Phi) is 6.46. The van der Waals surface area contributed by atoms with Crippen molar-refractivity contribution in [3.63, 3.8) is 0 Å². The van der Waals surface area contributed by atoms with E-state index in [9.17, 15) is 4.79 Å². The second kappa shape index (κ2) is 6.14. The van der Waals surface area contributed by atoms with Gasteiger partial charge < -0.3 is 4.74 Å². The van der Waals surface area contributed by atoms with E-state index in [0.29, 0.717) is 12.3 Å². The Bertz CT molecular complexity index is 143. The van der Waals surface area contributed by atoms with Crippen LogP contribution in [0.4, 0.5) is 0 Å². The predicted molar refractivity (Wildman–Crippen MR) is 51.2 cm³/mol. The van der Waals surface area contributed by atoms with Crippen LogP contribution in [0.3, 0.4) is 0 Å². The summed E-state index contributed by atoms with van der Waals surface area (Å²) in [7, 11) is 0. The molecule has 0 amide bonds. The highest BCUT2D eigenvalue weighted by atomic mass is 35.6. The lowest BCUT2D eigenvalue weighted by Crippen LogP contribution is -2.17. The van der Waals surface area contributed by atoms with E-state index in [4.69, 9.17) is 46.4 Å². The molecule has 0 radical (unpaired) electrons. The molecule has 0 atom stereocenters. The molecule has 0 saturated heterocycles. The molecule has 0 N–H and O–H groups in total. The molecule has 12 heavy (non-hydrogen) atoms. The third-order valence-electron chi connectivity index (χ3n) is 0.911. The molecule has 0 aromatic rings. The molecule has 0 saturated carbocycles. The monoisotopic (exact) mass is 252 g/mol. The minimum absolute atomic E-state index is 0.223. The summed E-state index contributed by atoms with van der Waals surface area (Å²) in [4.78, 5) is 10.8. The van der Waals surface area contributed by atoms with Crippen LogP contribution in [0.5, 0.6) is 0 Å². The lowest BCUT2D eigenvalue weighted by Gasteiger charge is -2.10. The number of esters is 1. The Balaban J connectivity index is 3.44. The van der Waals surface area contributed by atoms with Crippen molar-refractivity contribution >= 4 is 52.4 Å². The second-order valence-electron chi connectivity index (χ2n) is 2.07. The number of rotatable bonds is 4. The van der Waals surface area contributed by atoms with Crippen LogP contribution in [0, 0.1) is 0 Å². The number of carbonyl (C=O) groups is 1. The van der Waals surface area contributed by atoms with Gasteiger partial charge in [-0.1, -0.05) is 34.8 Å². The zero-order valence-electron chi connectivity index (χ0n) is 6.16. The highest BCUT2D eigenvalue weighted by molar-refractivity contribution is 6.67. The van der Waals surface area contributed by atoms with Crippen molar-refractivity contribution in [2.75, 3.05) is 12.5 Å². The molecule has 72 valence electrons. The van der Waals surface area contributed by atoms with E-state index in [1.54, 1.807) is 0 Å². The fourth-order valence-corrected chi connectivity index (χ4v) is 0.743. The van der Waals surface area contributed by atoms with E-state index in [-0.39, 0.29) is 13.0 Å². The van der Waals surface area contributed by atoms with E-state index < -0.39 is 9.76 Å². The van der Waals surface area contributed by atoms with Gasteiger partial charge in [-0.2, -0.15) is 0 Å². The minimum atomic E-state index is -1.53. The average molecular weight is 254 g/mol. The van der Waals surface area contributed by atoms with E-state index in [1.807, 2.05) is 0 Å². The third-order valence-corrected chi connectivity index (χ3v) is 1.51. The molecule has 0 fully saturated rings. The van der Waals surface area contributed by atoms with Crippen LogP contribution < -0.4 is 0 Å². The topological polar surface area (TPSA) is 26.3 Å². The van der Waals surface area contributed by atoms with Gasteiger partial charge in [0.15, 0.2) is 0 Å². The summed E-state index contributed by atoms with van der Waals surface area (Å²) < 4.78 is 3.08. The first-order valence-corrected chi connectivity index (χ1v) is 4.91. The van der Waals surface area contributed by atoms with Crippen molar-refractivity contribution in [3.8, 4) is 0 Å². The first kappa shape index (κ1) is 12.6. The maximum atomic E-state index is 10.8. The van der Waals surface area contributed by atoms with E-state index >= 15 is 0 Å². The van der Waals surface area contributed by atoms with Gasteiger partial charge in [0, 0.05) is 12.3 Å². The van der Waals surface area contributed by atoms with Gasteiger partial charge in [0.25, 0.3) is 0 Å². The lowest BCUT2D eigenvalue weighted by molar-refractivity contribution is -0.143. The molecule has 0 aliphatic rings. The lowest BCUT2D eigenvalue weighted by atomic mass is 10.3. The van der Waals surface area contributed by atoms with Gasteiger partial charge in [-0.05, 0) is 6.42 Å². The second-order valence-corrected chi connectivity index (χ2v) is 4.96. The predicted octanol–water partition coefficient (Wildman–Crippen LogP) is 2.92. The van der Waals surface area contributed by atoms with Crippen molar-refractivity contribution in [3.05, 3.63) is 0 Å². The Morgan fingerprint density at radius 1 is 1.33 bits per heavy atom. The highest BCUT2D eigenvalue weighted by Crippen LogP contribution is 2.25. The normalized spacial score (nSPS) is 11.3. The molecule has 0 aliphatic heterocycles. The summed E-state index contributed by atoms with van der Waals surface area (Å²) in [5.74, 6) is 0.0186. The SMILES string of the molecule is O=C(CCCCl)OCC(Cl)(Cl)Cl. The summed E-state index contributed by atoms with van der Waals surface area (Å²) in [5, 5.41) is 0. The van der Waals surface area contributed by atoms with E-state index in [1.165, 1.54) is 0 Å². The molecule has 0 unspecified atom stereocenters. The average Bonchev–Trinajstić information content (AvgIpc) is 1.95. The molecule has 0 aromatic heterocycles. The summed E-state index contributed by atoms with van der Waals surface area (Å²) >= 11 is 21.4. The van der Waals surface area contributed by atoms with Crippen molar-refractivity contribution in [1.82, 2.24) is 0 Å². The number of carbonyl (C=O) groups excluding carboxylic acids is 1. The van der Waals surface area contributed by atoms with Gasteiger partial charge in [0.2, 0.25) is 3.79 Å². The van der Waals surface area contributed by atoms with Crippen LogP contribution >= 0.6 is 46.4 Å². The first-order valence-electron chi connectivity index (χ1n) is 3.24. The van der Waals surface area contributed by atoms with Gasteiger partial charge in [0.05, 0.1) is 0 Å². The Morgan fingerprint density at radius 2 is 1.92 bits per heavy atom.